The molecule has 2 aliphatic rings. The molecule has 1 amide bonds. The Bertz CT molecular complexity index is 1010. The number of hydrogen-bond donors (Lipinski definition) is 0. The van der Waals surface area contributed by atoms with Gasteiger partial charge in [-0.15, -0.1) is 0 Å². The van der Waals surface area contributed by atoms with Crippen LogP contribution < -0.4 is 5.56 Å². The van der Waals surface area contributed by atoms with E-state index in [-0.39, 0.29) is 18.0 Å². The molecule has 8 nitrogen and oxygen atoms in total. The molecule has 2 saturated heterocycles. The van der Waals surface area contributed by atoms with Gasteiger partial charge in [0.05, 0.1) is 30.1 Å². The van der Waals surface area contributed by atoms with E-state index in [2.05, 4.69) is 20.9 Å². The van der Waals surface area contributed by atoms with Crippen molar-refractivity contribution >= 4 is 16.8 Å². The van der Waals surface area contributed by atoms with Crippen LogP contribution in [0.5, 0.6) is 0 Å². The third-order valence-electron chi connectivity index (χ3n) is 6.32. The number of benzene rings is 1. The Balaban J connectivity index is 1.38. The zero-order chi connectivity index (χ0) is 21.6. The third kappa shape index (κ3) is 5.12. The first-order chi connectivity index (χ1) is 15.2. The second-order valence-corrected chi connectivity index (χ2v) is 8.44. The minimum absolute atomic E-state index is 0.00367. The average molecular weight is 423 g/mol. The predicted octanol–water partition coefficient (Wildman–Crippen LogP) is 1.44. The largest absolute Gasteiger partial charge is 0.342 e. The molecule has 2 aliphatic heterocycles. The Morgan fingerprint density at radius 2 is 1.65 bits per heavy atom. The van der Waals surface area contributed by atoms with E-state index >= 15 is 0 Å². The lowest BCUT2D eigenvalue weighted by molar-refractivity contribution is -0.132. The monoisotopic (exact) mass is 422 g/mol. The number of para-hydroxylation sites is 1. The molecule has 0 unspecified atom stereocenters. The average Bonchev–Trinajstić information content (AvgIpc) is 3.07. The molecule has 164 valence electrons. The Morgan fingerprint density at radius 1 is 0.968 bits per heavy atom. The van der Waals surface area contributed by atoms with Crippen molar-refractivity contribution in [3.63, 3.8) is 0 Å². The maximum absolute atomic E-state index is 12.8. The van der Waals surface area contributed by atoms with Crippen molar-refractivity contribution in [2.75, 3.05) is 45.8 Å². The Hall–Kier alpha value is -2.76. The maximum Gasteiger partial charge on any atom is 0.262 e. The van der Waals surface area contributed by atoms with Gasteiger partial charge in [-0.05, 0) is 25.0 Å². The van der Waals surface area contributed by atoms with E-state index in [1.54, 1.807) is 6.07 Å². The fraction of sp³-hybridized carbons (Fsp3) is 0.565. The van der Waals surface area contributed by atoms with Gasteiger partial charge in [0.1, 0.15) is 12.4 Å². The lowest BCUT2D eigenvalue weighted by Crippen LogP contribution is -2.50. The topological polar surface area (TPSA) is 85.5 Å². The molecular formula is C23H30N6O2. The molecule has 8 heteroatoms. The summed E-state index contributed by atoms with van der Waals surface area (Å²) >= 11 is 0. The van der Waals surface area contributed by atoms with Gasteiger partial charge in [0.2, 0.25) is 5.91 Å². The van der Waals surface area contributed by atoms with Crippen LogP contribution in [0.3, 0.4) is 0 Å². The number of carbonyl (C=O) groups is 1. The van der Waals surface area contributed by atoms with Gasteiger partial charge in [0.15, 0.2) is 0 Å². The fourth-order valence-electron chi connectivity index (χ4n) is 4.49. The summed E-state index contributed by atoms with van der Waals surface area (Å²) in [5.74, 6) is 0.869. The van der Waals surface area contributed by atoms with Crippen molar-refractivity contribution in [3.05, 3.63) is 40.4 Å². The first kappa shape index (κ1) is 21.5. The van der Waals surface area contributed by atoms with Crippen LogP contribution in [0.2, 0.25) is 0 Å². The van der Waals surface area contributed by atoms with Crippen molar-refractivity contribution in [3.8, 4) is 6.07 Å². The molecule has 0 N–H and O–H groups in total. The van der Waals surface area contributed by atoms with Crippen LogP contribution in [-0.2, 0) is 17.9 Å². The number of likely N-dealkylation sites (tertiary alicyclic amines) is 1. The van der Waals surface area contributed by atoms with Gasteiger partial charge < -0.3 is 4.90 Å². The van der Waals surface area contributed by atoms with Crippen molar-refractivity contribution in [2.24, 2.45) is 0 Å². The molecule has 2 fully saturated rings. The SMILES string of the molecule is N#CCn1c(CN2CCN(CC(=O)N3CCCCCC3)CC2)nc2ccccc2c1=O. The summed E-state index contributed by atoms with van der Waals surface area (Å²) in [6.07, 6.45) is 4.68. The summed E-state index contributed by atoms with van der Waals surface area (Å²) in [5.41, 5.74) is 0.502. The molecule has 0 saturated carbocycles. The molecule has 2 aromatic rings. The summed E-state index contributed by atoms with van der Waals surface area (Å²) in [5, 5.41) is 9.74. The number of piperazine rings is 1. The highest BCUT2D eigenvalue weighted by atomic mass is 16.2. The minimum Gasteiger partial charge on any atom is -0.342 e. The van der Waals surface area contributed by atoms with Crippen LogP contribution in [0.1, 0.15) is 31.5 Å². The van der Waals surface area contributed by atoms with E-state index in [9.17, 15) is 14.9 Å². The minimum atomic E-state index is -0.163. The van der Waals surface area contributed by atoms with Crippen molar-refractivity contribution < 1.29 is 4.79 Å². The number of aromatic nitrogens is 2. The highest BCUT2D eigenvalue weighted by Gasteiger charge is 2.23. The van der Waals surface area contributed by atoms with Gasteiger partial charge in [-0.1, -0.05) is 25.0 Å². The van der Waals surface area contributed by atoms with E-state index in [4.69, 9.17) is 0 Å². The highest BCUT2D eigenvalue weighted by Crippen LogP contribution is 2.13. The normalized spacial score (nSPS) is 18.6. The predicted molar refractivity (Wildman–Crippen MR) is 118 cm³/mol. The van der Waals surface area contributed by atoms with Crippen LogP contribution >= 0.6 is 0 Å². The molecule has 0 radical (unpaired) electrons. The number of hydrogen-bond acceptors (Lipinski definition) is 6. The summed E-state index contributed by atoms with van der Waals surface area (Å²) in [6, 6.07) is 9.36. The lowest BCUT2D eigenvalue weighted by atomic mass is 10.2. The van der Waals surface area contributed by atoms with Gasteiger partial charge in [0, 0.05) is 39.3 Å². The standard InChI is InChI=1S/C23H30N6O2/c24-9-12-29-21(25-20-8-4-3-7-19(20)23(29)31)17-26-13-15-27(16-14-26)18-22(30)28-10-5-1-2-6-11-28/h3-4,7-8H,1-2,5-6,10-18H2. The number of carbonyl (C=O) groups excluding carboxylic acids is 1. The van der Waals surface area contributed by atoms with Crippen LogP contribution in [0.25, 0.3) is 10.9 Å². The van der Waals surface area contributed by atoms with E-state index in [0.29, 0.717) is 29.8 Å². The van der Waals surface area contributed by atoms with E-state index in [1.807, 2.05) is 23.1 Å². The Kier molecular flexibility index (Phi) is 6.95. The van der Waals surface area contributed by atoms with Gasteiger partial charge in [-0.3, -0.25) is 24.0 Å². The van der Waals surface area contributed by atoms with Crippen molar-refractivity contribution in [2.45, 2.75) is 38.8 Å². The van der Waals surface area contributed by atoms with Gasteiger partial charge in [0.25, 0.3) is 5.56 Å². The van der Waals surface area contributed by atoms with Gasteiger partial charge >= 0.3 is 0 Å². The summed E-state index contributed by atoms with van der Waals surface area (Å²) in [4.78, 5) is 36.7. The van der Waals surface area contributed by atoms with Gasteiger partial charge in [-0.2, -0.15) is 5.26 Å². The Labute approximate surface area is 182 Å². The Morgan fingerprint density at radius 3 is 2.35 bits per heavy atom. The number of nitrogens with zero attached hydrogens (tertiary/aromatic N) is 6. The molecule has 0 aliphatic carbocycles. The molecule has 0 spiro atoms. The first-order valence-corrected chi connectivity index (χ1v) is 11.2. The van der Waals surface area contributed by atoms with Crippen LogP contribution in [0, 0.1) is 11.3 Å². The van der Waals surface area contributed by atoms with E-state index < -0.39 is 0 Å². The molecule has 0 bridgehead atoms. The van der Waals surface area contributed by atoms with Gasteiger partial charge in [-0.25, -0.2) is 4.98 Å². The number of fused-ring (bicyclic) bond motifs is 1. The molecule has 4 rings (SSSR count). The second kappa shape index (κ2) is 10.0. The molecule has 3 heterocycles. The highest BCUT2D eigenvalue weighted by molar-refractivity contribution is 5.78. The molecule has 1 aromatic carbocycles. The number of nitriles is 1. The van der Waals surface area contributed by atoms with E-state index in [1.165, 1.54) is 17.4 Å². The smallest absolute Gasteiger partial charge is 0.262 e. The third-order valence-corrected chi connectivity index (χ3v) is 6.32. The number of amides is 1. The molecule has 0 atom stereocenters. The molecular weight excluding hydrogens is 392 g/mol. The molecule has 1 aromatic heterocycles. The zero-order valence-corrected chi connectivity index (χ0v) is 18.0. The summed E-state index contributed by atoms with van der Waals surface area (Å²) in [7, 11) is 0. The zero-order valence-electron chi connectivity index (χ0n) is 18.0. The van der Waals surface area contributed by atoms with E-state index in [0.717, 1.165) is 52.1 Å². The second-order valence-electron chi connectivity index (χ2n) is 8.44. The lowest BCUT2D eigenvalue weighted by Gasteiger charge is -2.35. The maximum atomic E-state index is 12.8. The first-order valence-electron chi connectivity index (χ1n) is 11.2. The van der Waals surface area contributed by atoms with Crippen LogP contribution in [-0.4, -0.2) is 76.0 Å². The summed E-state index contributed by atoms with van der Waals surface area (Å²) in [6.45, 7) is 6.04. The van der Waals surface area contributed by atoms with Crippen molar-refractivity contribution in [1.29, 1.82) is 5.26 Å². The van der Waals surface area contributed by atoms with Crippen molar-refractivity contribution in [1.82, 2.24) is 24.3 Å². The quantitative estimate of drug-likeness (QED) is 0.725. The van der Waals surface area contributed by atoms with Crippen LogP contribution in [0.15, 0.2) is 29.1 Å². The summed E-state index contributed by atoms with van der Waals surface area (Å²) < 4.78 is 1.48. The molecule has 31 heavy (non-hydrogen) atoms. The fourth-order valence-corrected chi connectivity index (χ4v) is 4.49. The number of rotatable bonds is 5. The van der Waals surface area contributed by atoms with Crippen LogP contribution in [0.4, 0.5) is 0 Å².